The van der Waals surface area contributed by atoms with Crippen LogP contribution in [-0.4, -0.2) is 22.8 Å². The standard InChI is InChI=1S/C30H25N2.C30H33N2.C24H29N2.2C19H18FN2/c1-21-22(2)32(30-27(21)20-31-19-10-9-18-28(30)31)29-25(23-12-5-3-6-13-23)16-11-17-26(29)24-14-7-4-8-15-24;1-19(2)25-16-24(23-12-8-7-9-13-23)17-26(20(3)4)29(25)32-22(6)21(5)27-18-31-15-11-10-14-28(31)30(27)32;1-15(2)19-10-9-11-20(16(3)4)23(19)26-18(6)17(5)21-14-25-13-8-7-12-22(25)24(21)26;1-12-8-13(2)18(14(3)9-12)22-17(20)10-15-11-21-7-5-4-6-16(21)19(15)22;1-13(2)15-7-3-4-8-16(15)22-18(20)11-14-12-21-10-6-5-9-17(21)19(14)22/h3-19H,20H2,1-2H3;7-17,19-20H,18H2,1-6H3;7-13,15-16H,14H2,1-6H3;4-10H,11H2,1-3H3;3-11,13H,12H2,1-2H3/q5*+1. The summed E-state index contributed by atoms with van der Waals surface area (Å²) >= 11 is 0. The van der Waals surface area contributed by atoms with E-state index in [1.54, 1.807) is 21.3 Å². The molecule has 670 valence electrons. The smallest absolute Gasteiger partial charge is 0.230 e. The Kier molecular flexibility index (Phi) is 24.2. The maximum absolute atomic E-state index is 14.7. The van der Waals surface area contributed by atoms with Gasteiger partial charge in [-0.15, -0.1) is 0 Å². The zero-order valence-corrected chi connectivity index (χ0v) is 81.1. The average molecular weight is 1770 g/mol. The van der Waals surface area contributed by atoms with Crippen molar-refractivity contribution in [3.05, 3.63) is 428 Å². The zero-order valence-electron chi connectivity index (χ0n) is 81.1. The third-order valence-electron chi connectivity index (χ3n) is 28.6. The number of aryl methyl sites for hydroxylation is 3. The SMILES string of the molecule is CC(C)c1ccccc1-n1c(F)cc2c1-c1cccc[n+]1C2.Cc1c2c(n(-c3c(-c4ccccc4)cccc3-c3ccccc3)c1C)-c1cccc[n+]1C2.Cc1c2c(n(-c3c(C(C)C)cc(-c4ccccc4)cc3C(C)C)c1C)-c1cccc[n+]1C2.Cc1c2c(n(-c3c(C(C)C)cccc3C(C)C)c1C)-c1cccc[n+]1C2.Cc1cc(C)c(-n2c(F)cc3c2-c2cccc[n+]2C3)c(C)c1. The Labute approximate surface area is 790 Å². The van der Waals surface area contributed by atoms with Crippen LogP contribution in [0.25, 0.3) is 119 Å². The van der Waals surface area contributed by atoms with Crippen molar-refractivity contribution in [3.8, 4) is 119 Å². The molecule has 0 N–H and O–H groups in total. The number of rotatable bonds is 13. The van der Waals surface area contributed by atoms with Gasteiger partial charge in [-0.25, -0.2) is 0 Å². The van der Waals surface area contributed by atoms with Gasteiger partial charge in [0.1, 0.15) is 28.5 Å². The summed E-state index contributed by atoms with van der Waals surface area (Å²) in [5.41, 5.74) is 50.6. The molecule has 18 aromatic rings. The van der Waals surface area contributed by atoms with E-state index in [0.717, 1.165) is 94.7 Å². The molecule has 10 aromatic heterocycles. The Morgan fingerprint density at radius 1 is 0.246 bits per heavy atom. The van der Waals surface area contributed by atoms with E-state index in [1.165, 1.54) is 163 Å². The number of benzene rings is 8. The molecule has 15 heterocycles. The van der Waals surface area contributed by atoms with E-state index < -0.39 is 0 Å². The van der Waals surface area contributed by atoms with Crippen LogP contribution in [0.4, 0.5) is 8.78 Å². The van der Waals surface area contributed by atoms with Crippen molar-refractivity contribution in [1.29, 1.82) is 0 Å². The van der Waals surface area contributed by atoms with Gasteiger partial charge in [-0.2, -0.15) is 31.6 Å². The summed E-state index contributed by atoms with van der Waals surface area (Å²) in [6.45, 7) is 47.0. The first-order valence-electron chi connectivity index (χ1n) is 47.9. The molecule has 0 fully saturated rings. The van der Waals surface area contributed by atoms with Gasteiger partial charge in [0.05, 0.1) is 56.3 Å². The normalized spacial score (nSPS) is 12.4. The highest BCUT2D eigenvalue weighted by Gasteiger charge is 2.41. The van der Waals surface area contributed by atoms with Crippen LogP contribution >= 0.6 is 0 Å². The van der Waals surface area contributed by atoms with Gasteiger partial charge in [0.2, 0.25) is 28.5 Å². The molecule has 8 aromatic carbocycles. The summed E-state index contributed by atoms with van der Waals surface area (Å²) in [6.07, 6.45) is 10.7. The van der Waals surface area contributed by atoms with E-state index in [0.29, 0.717) is 29.6 Å². The molecule has 5 aliphatic rings. The maximum Gasteiger partial charge on any atom is 0.230 e. The number of aromatic nitrogens is 10. The first kappa shape index (κ1) is 89.0. The molecule has 0 spiro atoms. The van der Waals surface area contributed by atoms with Crippen LogP contribution in [-0.2, 0) is 32.7 Å². The maximum atomic E-state index is 14.7. The molecule has 0 atom stereocenters. The van der Waals surface area contributed by atoms with Gasteiger partial charge >= 0.3 is 0 Å². The lowest BCUT2D eigenvalue weighted by Gasteiger charge is -2.25. The van der Waals surface area contributed by atoms with Gasteiger partial charge < -0.3 is 13.7 Å². The average Bonchev–Trinajstić information content (AvgIpc) is 1.56. The lowest BCUT2D eigenvalue weighted by Crippen LogP contribution is -2.32. The van der Waals surface area contributed by atoms with Crippen molar-refractivity contribution in [2.75, 3.05) is 0 Å². The predicted octanol–water partition coefficient (Wildman–Crippen LogP) is 27.6. The number of hydrogen-bond acceptors (Lipinski definition) is 0. The molecule has 23 rings (SSSR count). The molecule has 0 saturated carbocycles. The van der Waals surface area contributed by atoms with Crippen LogP contribution in [0.1, 0.15) is 205 Å². The molecule has 10 nitrogen and oxygen atoms in total. The Morgan fingerprint density at radius 2 is 0.552 bits per heavy atom. The van der Waals surface area contributed by atoms with Crippen molar-refractivity contribution in [2.24, 2.45) is 0 Å². The van der Waals surface area contributed by atoms with Gasteiger partial charge in [-0.1, -0.05) is 233 Å². The molecule has 0 unspecified atom stereocenters. The lowest BCUT2D eigenvalue weighted by molar-refractivity contribution is -0.672. The molecular weight excluding hydrogens is 1640 g/mol. The summed E-state index contributed by atoms with van der Waals surface area (Å²) < 4.78 is 52.0. The van der Waals surface area contributed by atoms with Crippen LogP contribution < -0.4 is 22.8 Å². The number of pyridine rings is 5. The van der Waals surface area contributed by atoms with E-state index in [2.05, 4.69) is 411 Å². The highest BCUT2D eigenvalue weighted by molar-refractivity contribution is 5.88. The fourth-order valence-corrected chi connectivity index (χ4v) is 21.7. The molecule has 0 radical (unpaired) electrons. The van der Waals surface area contributed by atoms with Crippen molar-refractivity contribution in [3.63, 3.8) is 0 Å². The minimum Gasteiger partial charge on any atom is -0.307 e. The molecule has 0 amide bonds. The number of nitrogens with zero attached hydrogens (tertiary/aromatic N) is 10. The van der Waals surface area contributed by atoms with Crippen molar-refractivity contribution >= 4 is 0 Å². The Morgan fingerprint density at radius 3 is 0.940 bits per heavy atom. The van der Waals surface area contributed by atoms with Gasteiger partial charge in [-0.3, -0.25) is 9.13 Å². The van der Waals surface area contributed by atoms with Crippen LogP contribution in [0.3, 0.4) is 0 Å². The van der Waals surface area contributed by atoms with E-state index in [1.807, 2.05) is 54.9 Å². The molecule has 5 aliphatic heterocycles. The van der Waals surface area contributed by atoms with Gasteiger partial charge in [-0.05, 0) is 218 Å². The number of fused-ring (bicyclic) bond motifs is 15. The quantitative estimate of drug-likeness (QED) is 0.103. The predicted molar refractivity (Wildman–Crippen MR) is 542 cm³/mol. The Hall–Kier alpha value is -14.2. The van der Waals surface area contributed by atoms with Gasteiger partial charge in [0, 0.05) is 101 Å². The van der Waals surface area contributed by atoms with Crippen LogP contribution in [0.15, 0.2) is 310 Å². The zero-order chi connectivity index (χ0) is 93.5. The van der Waals surface area contributed by atoms with E-state index >= 15 is 0 Å². The van der Waals surface area contributed by atoms with E-state index in [-0.39, 0.29) is 11.9 Å². The summed E-state index contributed by atoms with van der Waals surface area (Å²) in [7, 11) is 0. The second-order valence-electron chi connectivity index (χ2n) is 38.7. The van der Waals surface area contributed by atoms with Crippen molar-refractivity contribution < 1.29 is 31.6 Å². The topological polar surface area (TPSA) is 44.0 Å². The van der Waals surface area contributed by atoms with Crippen LogP contribution in [0, 0.1) is 74.2 Å². The highest BCUT2D eigenvalue weighted by atomic mass is 19.1. The molecule has 0 saturated heterocycles. The summed E-state index contributed by atoms with van der Waals surface area (Å²) in [6, 6.07) is 98.1. The summed E-state index contributed by atoms with van der Waals surface area (Å²) in [4.78, 5) is 0. The largest absolute Gasteiger partial charge is 0.307 e. The fraction of sp³-hybridized carbons (Fsp3) is 0.238. The second kappa shape index (κ2) is 36.4. The fourth-order valence-electron chi connectivity index (χ4n) is 21.7. The Bertz CT molecular complexity index is 7430. The third kappa shape index (κ3) is 15.7. The van der Waals surface area contributed by atoms with Crippen molar-refractivity contribution in [1.82, 2.24) is 22.8 Å². The van der Waals surface area contributed by atoms with E-state index in [4.69, 9.17) is 0 Å². The summed E-state index contributed by atoms with van der Waals surface area (Å²) in [5.74, 6) is 1.80. The monoisotopic (exact) mass is 1770 g/mol. The lowest BCUT2D eigenvalue weighted by atomic mass is 9.88. The molecule has 0 bridgehead atoms. The van der Waals surface area contributed by atoms with Crippen molar-refractivity contribution in [2.45, 2.75) is 194 Å². The minimum atomic E-state index is -0.187. The number of para-hydroxylation sites is 3. The molecule has 0 aliphatic carbocycles. The molecule has 12 heteroatoms. The molecule has 134 heavy (non-hydrogen) atoms. The second-order valence-corrected chi connectivity index (χ2v) is 38.7. The van der Waals surface area contributed by atoms with Gasteiger partial charge in [0.15, 0.2) is 75.6 Å². The molecular formula is C122H123F2N10+5. The highest BCUT2D eigenvalue weighted by Crippen LogP contribution is 2.48. The number of hydrogen-bond donors (Lipinski definition) is 0. The minimum absolute atomic E-state index is 0.185. The van der Waals surface area contributed by atoms with E-state index in [9.17, 15) is 8.78 Å². The summed E-state index contributed by atoms with van der Waals surface area (Å²) in [5, 5.41) is 0. The Balaban J connectivity index is 0.000000109. The number of halogens is 2. The third-order valence-corrected chi connectivity index (χ3v) is 28.6. The first-order chi connectivity index (χ1) is 64.8. The van der Waals surface area contributed by atoms with Crippen LogP contribution in [0.5, 0.6) is 0 Å². The van der Waals surface area contributed by atoms with Crippen LogP contribution in [0.2, 0.25) is 0 Å². The first-order valence-corrected chi connectivity index (χ1v) is 47.9. The van der Waals surface area contributed by atoms with Gasteiger partial charge in [0.25, 0.3) is 0 Å².